The number of para-hydroxylation sites is 1. The van der Waals surface area contributed by atoms with Crippen LogP contribution in [0.25, 0.3) is 0 Å². The molecule has 94 valence electrons. The quantitative estimate of drug-likeness (QED) is 0.921. The second-order valence-electron chi connectivity index (χ2n) is 3.96. The number of anilines is 2. The zero-order valence-corrected chi connectivity index (χ0v) is 11.7. The zero-order chi connectivity index (χ0) is 12.8. The molecule has 1 aromatic heterocycles. The van der Waals surface area contributed by atoms with E-state index in [1.165, 1.54) is 0 Å². The number of nitrogens with two attached hydrogens (primary N) is 1. The van der Waals surface area contributed by atoms with Crippen LogP contribution in [0.4, 0.5) is 11.4 Å². The molecular formula is C14H16BrN3. The molecule has 0 aliphatic rings. The van der Waals surface area contributed by atoms with Gasteiger partial charge in [0.25, 0.3) is 0 Å². The number of hydrogen-bond acceptors (Lipinski definition) is 3. The van der Waals surface area contributed by atoms with Crippen molar-refractivity contribution in [2.75, 3.05) is 18.0 Å². The number of benzene rings is 1. The van der Waals surface area contributed by atoms with Gasteiger partial charge in [0.1, 0.15) is 0 Å². The van der Waals surface area contributed by atoms with Crippen molar-refractivity contribution in [3.05, 3.63) is 53.3 Å². The predicted molar refractivity (Wildman–Crippen MR) is 79.1 cm³/mol. The van der Waals surface area contributed by atoms with Crippen molar-refractivity contribution >= 4 is 27.3 Å². The third kappa shape index (κ3) is 3.09. The molecule has 0 saturated carbocycles. The predicted octanol–water partition coefficient (Wildman–Crippen LogP) is 3.33. The van der Waals surface area contributed by atoms with Crippen molar-refractivity contribution < 1.29 is 0 Å². The van der Waals surface area contributed by atoms with E-state index in [0.717, 1.165) is 28.8 Å². The fraction of sp³-hybridized carbons (Fsp3) is 0.214. The summed E-state index contributed by atoms with van der Waals surface area (Å²) in [5, 5.41) is 0. The minimum atomic E-state index is 0.687. The molecule has 0 aliphatic heterocycles. The van der Waals surface area contributed by atoms with E-state index in [2.05, 4.69) is 37.9 Å². The van der Waals surface area contributed by atoms with Gasteiger partial charge in [0, 0.05) is 24.6 Å². The van der Waals surface area contributed by atoms with Gasteiger partial charge in [0.2, 0.25) is 0 Å². The average molecular weight is 306 g/mol. The van der Waals surface area contributed by atoms with Gasteiger partial charge in [-0.3, -0.25) is 4.98 Å². The van der Waals surface area contributed by atoms with Gasteiger partial charge in [-0.1, -0.05) is 18.2 Å². The van der Waals surface area contributed by atoms with Gasteiger partial charge in [0.15, 0.2) is 0 Å². The number of halogens is 1. The standard InChI is InChI=1S/C14H16BrN3/c15-13-11-17-9-7-14(13)18(10-4-8-16)12-5-2-1-3-6-12/h1-3,5-7,9,11H,4,8,10,16H2. The number of pyridine rings is 1. The first-order valence-electron chi connectivity index (χ1n) is 5.95. The summed E-state index contributed by atoms with van der Waals surface area (Å²) in [7, 11) is 0. The largest absolute Gasteiger partial charge is 0.340 e. The molecule has 1 heterocycles. The summed E-state index contributed by atoms with van der Waals surface area (Å²) in [5.74, 6) is 0. The van der Waals surface area contributed by atoms with E-state index < -0.39 is 0 Å². The number of rotatable bonds is 5. The van der Waals surface area contributed by atoms with E-state index in [1.807, 2.05) is 30.5 Å². The van der Waals surface area contributed by atoms with Crippen LogP contribution in [0.5, 0.6) is 0 Å². The Kier molecular flexibility index (Phi) is 4.73. The molecule has 0 saturated heterocycles. The van der Waals surface area contributed by atoms with Crippen molar-refractivity contribution in [2.24, 2.45) is 5.73 Å². The maximum absolute atomic E-state index is 5.62. The molecule has 0 fully saturated rings. The van der Waals surface area contributed by atoms with Gasteiger partial charge in [0.05, 0.1) is 10.2 Å². The monoisotopic (exact) mass is 305 g/mol. The van der Waals surface area contributed by atoms with Crippen molar-refractivity contribution in [3.8, 4) is 0 Å². The summed E-state index contributed by atoms with van der Waals surface area (Å²) < 4.78 is 0.992. The lowest BCUT2D eigenvalue weighted by Gasteiger charge is -2.25. The van der Waals surface area contributed by atoms with Gasteiger partial charge in [-0.2, -0.15) is 0 Å². The van der Waals surface area contributed by atoms with Gasteiger partial charge >= 0.3 is 0 Å². The summed E-state index contributed by atoms with van der Waals surface area (Å²) in [5.41, 5.74) is 7.90. The Balaban J connectivity index is 2.34. The third-order valence-corrected chi connectivity index (χ3v) is 3.31. The fourth-order valence-electron chi connectivity index (χ4n) is 1.83. The molecule has 0 aliphatic carbocycles. The Labute approximate surface area is 116 Å². The van der Waals surface area contributed by atoms with Gasteiger partial charge in [-0.05, 0) is 47.1 Å². The molecule has 4 heteroatoms. The molecule has 0 atom stereocenters. The maximum atomic E-state index is 5.62. The van der Waals surface area contributed by atoms with E-state index >= 15 is 0 Å². The van der Waals surface area contributed by atoms with Gasteiger partial charge < -0.3 is 10.6 Å². The van der Waals surface area contributed by atoms with E-state index in [4.69, 9.17) is 5.73 Å². The van der Waals surface area contributed by atoms with E-state index in [0.29, 0.717) is 6.54 Å². The minimum absolute atomic E-state index is 0.687. The van der Waals surface area contributed by atoms with Crippen LogP contribution in [0, 0.1) is 0 Å². The van der Waals surface area contributed by atoms with E-state index in [1.54, 1.807) is 6.20 Å². The van der Waals surface area contributed by atoms with Crippen LogP contribution in [-0.4, -0.2) is 18.1 Å². The Bertz CT molecular complexity index is 487. The van der Waals surface area contributed by atoms with Crippen molar-refractivity contribution in [2.45, 2.75) is 6.42 Å². The topological polar surface area (TPSA) is 42.1 Å². The molecule has 1 aromatic carbocycles. The highest BCUT2D eigenvalue weighted by Gasteiger charge is 2.11. The second-order valence-corrected chi connectivity index (χ2v) is 4.81. The SMILES string of the molecule is NCCCN(c1ccccc1)c1ccncc1Br. The molecule has 0 bridgehead atoms. The molecule has 3 nitrogen and oxygen atoms in total. The Morgan fingerprint density at radius 3 is 2.61 bits per heavy atom. The lowest BCUT2D eigenvalue weighted by atomic mass is 10.2. The molecule has 2 rings (SSSR count). The van der Waals surface area contributed by atoms with Crippen LogP contribution in [0.15, 0.2) is 53.3 Å². The highest BCUT2D eigenvalue weighted by Crippen LogP contribution is 2.31. The fourth-order valence-corrected chi connectivity index (χ4v) is 2.30. The average Bonchev–Trinajstić information content (AvgIpc) is 2.42. The smallest absolute Gasteiger partial charge is 0.0595 e. The third-order valence-electron chi connectivity index (χ3n) is 2.70. The van der Waals surface area contributed by atoms with Crippen molar-refractivity contribution in [1.82, 2.24) is 4.98 Å². The summed E-state index contributed by atoms with van der Waals surface area (Å²) >= 11 is 3.55. The van der Waals surface area contributed by atoms with Crippen LogP contribution in [0.1, 0.15) is 6.42 Å². The molecule has 0 amide bonds. The van der Waals surface area contributed by atoms with Crippen LogP contribution in [0.3, 0.4) is 0 Å². The first-order valence-corrected chi connectivity index (χ1v) is 6.74. The van der Waals surface area contributed by atoms with Crippen molar-refractivity contribution in [3.63, 3.8) is 0 Å². The Morgan fingerprint density at radius 1 is 1.17 bits per heavy atom. The van der Waals surface area contributed by atoms with Crippen LogP contribution < -0.4 is 10.6 Å². The summed E-state index contributed by atoms with van der Waals surface area (Å²) in [6, 6.07) is 12.3. The van der Waals surface area contributed by atoms with Crippen molar-refractivity contribution in [1.29, 1.82) is 0 Å². The van der Waals surface area contributed by atoms with E-state index in [9.17, 15) is 0 Å². The second kappa shape index (κ2) is 6.52. The summed E-state index contributed by atoms with van der Waals surface area (Å²) in [6.45, 7) is 1.58. The Hall–Kier alpha value is -1.39. The van der Waals surface area contributed by atoms with Crippen LogP contribution >= 0.6 is 15.9 Å². The highest BCUT2D eigenvalue weighted by molar-refractivity contribution is 9.10. The zero-order valence-electron chi connectivity index (χ0n) is 10.1. The molecule has 18 heavy (non-hydrogen) atoms. The number of hydrogen-bond donors (Lipinski definition) is 1. The number of nitrogens with zero attached hydrogens (tertiary/aromatic N) is 2. The normalized spacial score (nSPS) is 10.3. The summed E-state index contributed by atoms with van der Waals surface area (Å²) in [4.78, 5) is 6.35. The lowest BCUT2D eigenvalue weighted by Crippen LogP contribution is -2.21. The molecule has 0 radical (unpaired) electrons. The maximum Gasteiger partial charge on any atom is 0.0595 e. The first kappa shape index (κ1) is 13.1. The Morgan fingerprint density at radius 2 is 1.94 bits per heavy atom. The summed E-state index contributed by atoms with van der Waals surface area (Å²) in [6.07, 6.45) is 4.57. The molecule has 0 unspecified atom stereocenters. The minimum Gasteiger partial charge on any atom is -0.340 e. The van der Waals surface area contributed by atoms with Crippen LogP contribution in [-0.2, 0) is 0 Å². The molecule has 2 N–H and O–H groups in total. The molecule has 2 aromatic rings. The van der Waals surface area contributed by atoms with Crippen LogP contribution in [0.2, 0.25) is 0 Å². The van der Waals surface area contributed by atoms with Gasteiger partial charge in [-0.25, -0.2) is 0 Å². The lowest BCUT2D eigenvalue weighted by molar-refractivity contribution is 0.816. The van der Waals surface area contributed by atoms with E-state index in [-0.39, 0.29) is 0 Å². The number of aromatic nitrogens is 1. The highest BCUT2D eigenvalue weighted by atomic mass is 79.9. The van der Waals surface area contributed by atoms with Gasteiger partial charge in [-0.15, -0.1) is 0 Å². The molecule has 0 spiro atoms. The molecular weight excluding hydrogens is 290 g/mol. The first-order chi connectivity index (χ1) is 8.83.